The predicted octanol–water partition coefficient (Wildman–Crippen LogP) is 3.90. The summed E-state index contributed by atoms with van der Waals surface area (Å²) in [6.07, 6.45) is 0.363. The lowest BCUT2D eigenvalue weighted by Crippen LogP contribution is -2.54. The van der Waals surface area contributed by atoms with Gasteiger partial charge in [0.2, 0.25) is 11.8 Å². The monoisotopic (exact) mass is 536 g/mol. The normalized spacial score (nSPS) is 12.5. The summed E-state index contributed by atoms with van der Waals surface area (Å²) in [4.78, 5) is 28.4. The zero-order valence-corrected chi connectivity index (χ0v) is 23.7. The second-order valence-electron chi connectivity index (χ2n) is 9.32. The summed E-state index contributed by atoms with van der Waals surface area (Å²) in [5, 5.41) is 3.44. The lowest BCUT2D eigenvalue weighted by atomic mass is 10.1. The molecule has 0 aliphatic heterocycles. The summed E-state index contributed by atoms with van der Waals surface area (Å²) < 4.78 is 28.9. The van der Waals surface area contributed by atoms with Crippen LogP contribution >= 0.6 is 11.6 Å². The van der Waals surface area contributed by atoms with Gasteiger partial charge in [0.25, 0.3) is 0 Å². The van der Waals surface area contributed by atoms with E-state index in [0.29, 0.717) is 22.7 Å². The summed E-state index contributed by atoms with van der Waals surface area (Å²) in [5.74, 6) is -0.773. The van der Waals surface area contributed by atoms with Gasteiger partial charge in [-0.25, -0.2) is 4.31 Å². The Morgan fingerprint density at radius 3 is 2.17 bits per heavy atom. The molecule has 2 aromatic rings. The van der Waals surface area contributed by atoms with Crippen molar-refractivity contribution in [1.82, 2.24) is 14.5 Å². The standard InChI is InChI=1S/C26H37ClN4O4S/c1-8-23(26(33)28-18(2)3)30(16-21-11-13-22(27)14-12-21)25(32)17-31(36(34,35)29(6)7)24-15-19(4)9-10-20(24)5/h9-15,18,23H,8,16-17H2,1-7H3,(H,28,33)/t23-/m0/s1. The number of amides is 2. The molecule has 0 aliphatic rings. The van der Waals surface area contributed by atoms with Gasteiger partial charge in [-0.1, -0.05) is 42.8 Å². The minimum atomic E-state index is -4.01. The van der Waals surface area contributed by atoms with Gasteiger partial charge in [0.1, 0.15) is 12.6 Å². The van der Waals surface area contributed by atoms with Crippen molar-refractivity contribution in [2.24, 2.45) is 0 Å². The van der Waals surface area contributed by atoms with Crippen molar-refractivity contribution in [2.75, 3.05) is 24.9 Å². The average molecular weight is 537 g/mol. The third-order valence-electron chi connectivity index (χ3n) is 5.74. The molecule has 0 spiro atoms. The molecule has 2 amide bonds. The Labute approximate surface area is 220 Å². The number of halogens is 1. The van der Waals surface area contributed by atoms with Crippen molar-refractivity contribution in [1.29, 1.82) is 0 Å². The topological polar surface area (TPSA) is 90.0 Å². The Kier molecular flexibility index (Phi) is 10.3. The zero-order valence-electron chi connectivity index (χ0n) is 22.1. The van der Waals surface area contributed by atoms with Crippen LogP contribution in [0.2, 0.25) is 5.02 Å². The first kappa shape index (κ1) is 29.6. The number of carbonyl (C=O) groups is 2. The molecule has 36 heavy (non-hydrogen) atoms. The number of aryl methyl sites for hydroxylation is 2. The third-order valence-corrected chi connectivity index (χ3v) is 7.79. The van der Waals surface area contributed by atoms with E-state index in [1.807, 2.05) is 39.8 Å². The highest BCUT2D eigenvalue weighted by Crippen LogP contribution is 2.26. The summed E-state index contributed by atoms with van der Waals surface area (Å²) in [6, 6.07) is 11.6. The minimum absolute atomic E-state index is 0.111. The number of hydrogen-bond donors (Lipinski definition) is 1. The highest BCUT2D eigenvalue weighted by molar-refractivity contribution is 7.90. The molecular weight excluding hydrogens is 500 g/mol. The molecule has 0 radical (unpaired) electrons. The minimum Gasteiger partial charge on any atom is -0.352 e. The molecular formula is C26H37ClN4O4S. The van der Waals surface area contributed by atoms with Crippen LogP contribution in [0, 0.1) is 13.8 Å². The molecule has 1 atom stereocenters. The zero-order chi connectivity index (χ0) is 27.2. The Balaban J connectivity index is 2.55. The van der Waals surface area contributed by atoms with Crippen molar-refractivity contribution < 1.29 is 18.0 Å². The average Bonchev–Trinajstić information content (AvgIpc) is 2.79. The van der Waals surface area contributed by atoms with E-state index in [2.05, 4.69) is 5.32 Å². The summed E-state index contributed by atoms with van der Waals surface area (Å²) in [6.45, 7) is 8.86. The number of nitrogens with zero attached hydrogens (tertiary/aromatic N) is 3. The van der Waals surface area contributed by atoms with Gasteiger partial charge < -0.3 is 10.2 Å². The number of rotatable bonds is 11. The van der Waals surface area contributed by atoms with E-state index in [1.165, 1.54) is 19.0 Å². The van der Waals surface area contributed by atoms with Crippen LogP contribution in [0.15, 0.2) is 42.5 Å². The molecule has 2 rings (SSSR count). The van der Waals surface area contributed by atoms with Crippen LogP contribution in [-0.4, -0.2) is 62.2 Å². The van der Waals surface area contributed by atoms with Crippen molar-refractivity contribution in [3.8, 4) is 0 Å². The fourth-order valence-corrected chi connectivity index (χ4v) is 5.02. The van der Waals surface area contributed by atoms with E-state index in [0.717, 1.165) is 19.7 Å². The molecule has 0 saturated heterocycles. The van der Waals surface area contributed by atoms with Gasteiger partial charge >= 0.3 is 10.2 Å². The van der Waals surface area contributed by atoms with Gasteiger partial charge in [-0.3, -0.25) is 9.59 Å². The smallest absolute Gasteiger partial charge is 0.304 e. The molecule has 8 nitrogen and oxygen atoms in total. The first-order valence-corrected chi connectivity index (χ1v) is 13.7. The van der Waals surface area contributed by atoms with E-state index in [9.17, 15) is 18.0 Å². The van der Waals surface area contributed by atoms with E-state index in [4.69, 9.17) is 11.6 Å². The van der Waals surface area contributed by atoms with Crippen LogP contribution in [0.4, 0.5) is 5.69 Å². The Bertz CT molecular complexity index is 1170. The van der Waals surface area contributed by atoms with E-state index in [1.54, 1.807) is 37.3 Å². The molecule has 198 valence electrons. The van der Waals surface area contributed by atoms with E-state index in [-0.39, 0.29) is 18.5 Å². The van der Waals surface area contributed by atoms with Crippen LogP contribution < -0.4 is 9.62 Å². The molecule has 0 saturated carbocycles. The van der Waals surface area contributed by atoms with Crippen LogP contribution in [0.3, 0.4) is 0 Å². The second-order valence-corrected chi connectivity index (χ2v) is 11.8. The maximum Gasteiger partial charge on any atom is 0.304 e. The van der Waals surface area contributed by atoms with Crippen LogP contribution in [0.25, 0.3) is 0 Å². The second kappa shape index (κ2) is 12.6. The molecule has 0 unspecified atom stereocenters. The molecule has 0 aromatic heterocycles. The fraction of sp³-hybridized carbons (Fsp3) is 0.462. The maximum absolute atomic E-state index is 13.8. The van der Waals surface area contributed by atoms with Gasteiger partial charge in [-0.15, -0.1) is 0 Å². The van der Waals surface area contributed by atoms with Gasteiger partial charge in [-0.05, 0) is 69.0 Å². The fourth-order valence-electron chi connectivity index (χ4n) is 3.78. The third kappa shape index (κ3) is 7.44. The van der Waals surface area contributed by atoms with E-state index >= 15 is 0 Å². The number of nitrogens with one attached hydrogen (secondary N) is 1. The summed E-state index contributed by atoms with van der Waals surface area (Å²) >= 11 is 6.03. The number of benzene rings is 2. The predicted molar refractivity (Wildman–Crippen MR) is 145 cm³/mol. The number of carbonyl (C=O) groups excluding carboxylic acids is 2. The van der Waals surface area contributed by atoms with Crippen molar-refractivity contribution in [3.05, 3.63) is 64.2 Å². The maximum atomic E-state index is 13.8. The molecule has 2 aromatic carbocycles. The summed E-state index contributed by atoms with van der Waals surface area (Å²) in [5.41, 5.74) is 2.77. The lowest BCUT2D eigenvalue weighted by molar-refractivity contribution is -0.140. The Hall–Kier alpha value is -2.62. The van der Waals surface area contributed by atoms with E-state index < -0.39 is 28.7 Å². The van der Waals surface area contributed by atoms with Crippen LogP contribution in [0.1, 0.15) is 43.9 Å². The Morgan fingerprint density at radius 1 is 1.03 bits per heavy atom. The Morgan fingerprint density at radius 2 is 1.64 bits per heavy atom. The highest BCUT2D eigenvalue weighted by atomic mass is 35.5. The SMILES string of the molecule is CC[C@@H](C(=O)NC(C)C)N(Cc1ccc(Cl)cc1)C(=O)CN(c1cc(C)ccc1C)S(=O)(=O)N(C)C. The van der Waals surface area contributed by atoms with Gasteiger partial charge in [0.05, 0.1) is 5.69 Å². The number of hydrogen-bond acceptors (Lipinski definition) is 4. The first-order valence-electron chi connectivity index (χ1n) is 11.9. The van der Waals surface area contributed by atoms with Crippen molar-refractivity contribution >= 4 is 39.3 Å². The van der Waals surface area contributed by atoms with Crippen molar-refractivity contribution in [3.63, 3.8) is 0 Å². The summed E-state index contributed by atoms with van der Waals surface area (Å²) in [7, 11) is -1.16. The largest absolute Gasteiger partial charge is 0.352 e. The molecule has 0 heterocycles. The van der Waals surface area contributed by atoms with Crippen LogP contribution in [-0.2, 0) is 26.3 Å². The lowest BCUT2D eigenvalue weighted by Gasteiger charge is -2.34. The molecule has 1 N–H and O–H groups in total. The molecule has 0 bridgehead atoms. The number of anilines is 1. The highest BCUT2D eigenvalue weighted by Gasteiger charge is 2.34. The van der Waals surface area contributed by atoms with Gasteiger partial charge in [-0.2, -0.15) is 12.7 Å². The van der Waals surface area contributed by atoms with Crippen LogP contribution in [0.5, 0.6) is 0 Å². The van der Waals surface area contributed by atoms with Crippen molar-refractivity contribution in [2.45, 2.75) is 59.7 Å². The quantitative estimate of drug-likeness (QED) is 0.471. The first-order chi connectivity index (χ1) is 16.8. The molecule has 0 aliphatic carbocycles. The molecule has 10 heteroatoms. The van der Waals surface area contributed by atoms with Gasteiger partial charge in [0.15, 0.2) is 0 Å². The molecule has 0 fully saturated rings. The van der Waals surface area contributed by atoms with Gasteiger partial charge in [0, 0.05) is 31.7 Å².